The van der Waals surface area contributed by atoms with E-state index in [0.717, 1.165) is 18.8 Å². The minimum Gasteiger partial charge on any atom is -0.0830 e. The summed E-state index contributed by atoms with van der Waals surface area (Å²) in [6, 6.07) is 0. The van der Waals surface area contributed by atoms with Crippen molar-refractivity contribution in [1.82, 2.24) is 0 Å². The largest absolute Gasteiger partial charge is 0.196 e. The molecule has 2 aliphatic rings. The van der Waals surface area contributed by atoms with Gasteiger partial charge in [0.25, 0.3) is 0 Å². The zero-order valence-corrected chi connectivity index (χ0v) is 10.3. The Bertz CT molecular complexity index is 219. The van der Waals surface area contributed by atoms with Gasteiger partial charge >= 0.3 is 0 Å². The van der Waals surface area contributed by atoms with Crippen LogP contribution in [0.5, 0.6) is 0 Å². The lowest BCUT2D eigenvalue weighted by atomic mass is 9.70. The second-order valence-electron chi connectivity index (χ2n) is 5.08. The third-order valence-electron chi connectivity index (χ3n) is 4.64. The molecule has 2 saturated carbocycles. The molecule has 13 heavy (non-hydrogen) atoms. The van der Waals surface area contributed by atoms with Gasteiger partial charge in [-0.2, -0.15) is 0 Å². The van der Waals surface area contributed by atoms with Crippen molar-refractivity contribution in [3.05, 3.63) is 0 Å². The van der Waals surface area contributed by atoms with Crippen LogP contribution in [0.4, 0.5) is 0 Å². The molecule has 2 fully saturated rings. The first-order valence-corrected chi connectivity index (χ1v) is 6.01. The monoisotopic (exact) mass is 240 g/mol. The molecule has 0 saturated heterocycles. The molecule has 0 aromatic carbocycles. The van der Waals surface area contributed by atoms with Crippen molar-refractivity contribution in [2.24, 2.45) is 16.7 Å². The topological polar surface area (TPSA) is 0 Å². The summed E-state index contributed by atoms with van der Waals surface area (Å²) in [5, 5.41) is 0. The molecule has 76 valence electrons. The third-order valence-corrected chi connectivity index (χ3v) is 5.72. The van der Waals surface area contributed by atoms with E-state index in [4.69, 9.17) is 34.8 Å². The van der Waals surface area contributed by atoms with Crippen LogP contribution in [0.1, 0.15) is 39.5 Å². The highest BCUT2D eigenvalue weighted by molar-refractivity contribution is 6.68. The van der Waals surface area contributed by atoms with E-state index in [1.807, 2.05) is 0 Å². The highest BCUT2D eigenvalue weighted by atomic mass is 35.6. The lowest BCUT2D eigenvalue weighted by Gasteiger charge is -2.43. The molecule has 0 aromatic rings. The number of fused-ring (bicyclic) bond motifs is 2. The van der Waals surface area contributed by atoms with Crippen molar-refractivity contribution in [1.29, 1.82) is 0 Å². The first-order chi connectivity index (χ1) is 5.81. The van der Waals surface area contributed by atoms with Crippen LogP contribution in [0.15, 0.2) is 0 Å². The fourth-order valence-corrected chi connectivity index (χ4v) is 4.81. The van der Waals surface area contributed by atoms with Gasteiger partial charge in [-0.05, 0) is 37.0 Å². The molecule has 0 heterocycles. The van der Waals surface area contributed by atoms with Gasteiger partial charge in [-0.1, -0.05) is 48.7 Å². The number of rotatable bonds is 0. The highest BCUT2D eigenvalue weighted by Gasteiger charge is 2.66. The van der Waals surface area contributed by atoms with Gasteiger partial charge in [-0.15, -0.1) is 0 Å². The highest BCUT2D eigenvalue weighted by Crippen LogP contribution is 2.72. The van der Waals surface area contributed by atoms with Crippen LogP contribution in [0, 0.1) is 16.7 Å². The van der Waals surface area contributed by atoms with Crippen LogP contribution >= 0.6 is 34.8 Å². The Labute approximate surface area is 94.9 Å². The lowest BCUT2D eigenvalue weighted by Crippen LogP contribution is -2.41. The summed E-state index contributed by atoms with van der Waals surface area (Å²) < 4.78 is -1.08. The average molecular weight is 242 g/mol. The molecule has 0 unspecified atom stereocenters. The second kappa shape index (κ2) is 2.71. The van der Waals surface area contributed by atoms with Gasteiger partial charge in [0.2, 0.25) is 0 Å². The molecular weight excluding hydrogens is 226 g/mol. The van der Waals surface area contributed by atoms with Crippen molar-refractivity contribution >= 4 is 34.8 Å². The summed E-state index contributed by atoms with van der Waals surface area (Å²) in [4.78, 5) is 0. The fourth-order valence-electron chi connectivity index (χ4n) is 3.52. The Balaban J connectivity index is 2.43. The fraction of sp³-hybridized carbons (Fsp3) is 1.00. The molecule has 2 aliphatic carbocycles. The maximum absolute atomic E-state index is 6.14. The Morgan fingerprint density at radius 1 is 1.08 bits per heavy atom. The molecular formula is C10H15Cl3. The van der Waals surface area contributed by atoms with E-state index in [1.54, 1.807) is 0 Å². The van der Waals surface area contributed by atoms with Crippen LogP contribution in [0.2, 0.25) is 0 Å². The molecule has 0 atom stereocenters. The predicted molar refractivity (Wildman–Crippen MR) is 58.5 cm³/mol. The van der Waals surface area contributed by atoms with Crippen molar-refractivity contribution in [3.8, 4) is 0 Å². The summed E-state index contributed by atoms with van der Waals surface area (Å²) in [6.45, 7) is 4.53. The molecule has 0 radical (unpaired) electrons. The van der Waals surface area contributed by atoms with E-state index in [2.05, 4.69) is 13.8 Å². The van der Waals surface area contributed by atoms with E-state index in [0.29, 0.717) is 0 Å². The standard InChI is InChI=1S/C10H15Cl3/c1-8(2)7-3-5-9(8,6-4-7)10(11,12)13/h7H,3-6H2,1-2H3. The zero-order chi connectivity index (χ0) is 9.91. The smallest absolute Gasteiger partial charge is 0.0830 e. The number of hydrogen-bond donors (Lipinski definition) is 0. The first kappa shape index (κ1) is 10.4. The normalized spacial score (nSPS) is 42.7. The number of hydrogen-bond acceptors (Lipinski definition) is 0. The van der Waals surface area contributed by atoms with Crippen LogP contribution in [0.3, 0.4) is 0 Å². The molecule has 0 spiro atoms. The molecule has 0 N–H and O–H groups in total. The van der Waals surface area contributed by atoms with Gasteiger partial charge in [-0.3, -0.25) is 0 Å². The van der Waals surface area contributed by atoms with Crippen molar-refractivity contribution in [2.45, 2.75) is 43.3 Å². The summed E-state index contributed by atoms with van der Waals surface area (Å²) >= 11 is 18.4. The summed E-state index contributed by atoms with van der Waals surface area (Å²) in [7, 11) is 0. The van der Waals surface area contributed by atoms with Gasteiger partial charge in [0.1, 0.15) is 0 Å². The SMILES string of the molecule is CC1(C)C2CCC1(C(Cl)(Cl)Cl)CC2. The minimum absolute atomic E-state index is 0.0602. The summed E-state index contributed by atoms with van der Waals surface area (Å²) in [5.74, 6) is 0.767. The third kappa shape index (κ3) is 1.12. The van der Waals surface area contributed by atoms with Crippen LogP contribution in [0.25, 0.3) is 0 Å². The average Bonchev–Trinajstić information content (AvgIpc) is 2.38. The minimum atomic E-state index is -1.08. The van der Waals surface area contributed by atoms with E-state index in [1.165, 1.54) is 12.8 Å². The maximum Gasteiger partial charge on any atom is 0.196 e. The van der Waals surface area contributed by atoms with E-state index < -0.39 is 3.79 Å². The number of halogens is 3. The molecule has 0 aliphatic heterocycles. The Kier molecular flexibility index (Phi) is 2.17. The van der Waals surface area contributed by atoms with Crippen LogP contribution in [-0.4, -0.2) is 3.79 Å². The summed E-state index contributed by atoms with van der Waals surface area (Å²) in [5.41, 5.74) is 0.146. The maximum atomic E-state index is 6.14. The van der Waals surface area contributed by atoms with E-state index in [-0.39, 0.29) is 10.8 Å². The molecule has 2 rings (SSSR count). The summed E-state index contributed by atoms with van der Waals surface area (Å²) in [6.07, 6.45) is 4.64. The van der Waals surface area contributed by atoms with Crippen LogP contribution in [-0.2, 0) is 0 Å². The molecule has 2 bridgehead atoms. The Morgan fingerprint density at radius 3 is 1.69 bits per heavy atom. The van der Waals surface area contributed by atoms with Crippen LogP contribution < -0.4 is 0 Å². The Hall–Kier alpha value is 0.870. The van der Waals surface area contributed by atoms with E-state index >= 15 is 0 Å². The second-order valence-corrected chi connectivity index (χ2v) is 7.36. The molecule has 0 aromatic heterocycles. The van der Waals surface area contributed by atoms with Gasteiger partial charge in [0, 0.05) is 5.41 Å². The van der Waals surface area contributed by atoms with E-state index in [9.17, 15) is 0 Å². The Morgan fingerprint density at radius 2 is 1.54 bits per heavy atom. The van der Waals surface area contributed by atoms with Crippen molar-refractivity contribution < 1.29 is 0 Å². The van der Waals surface area contributed by atoms with Gasteiger partial charge in [0.15, 0.2) is 3.79 Å². The predicted octanol–water partition coefficient (Wildman–Crippen LogP) is 4.57. The number of alkyl halides is 3. The van der Waals surface area contributed by atoms with Crippen molar-refractivity contribution in [2.75, 3.05) is 0 Å². The molecule has 3 heteroatoms. The lowest BCUT2D eigenvalue weighted by molar-refractivity contribution is 0.133. The van der Waals surface area contributed by atoms with Gasteiger partial charge in [-0.25, -0.2) is 0 Å². The molecule has 0 nitrogen and oxygen atoms in total. The first-order valence-electron chi connectivity index (χ1n) is 4.88. The quantitative estimate of drug-likeness (QED) is 0.545. The van der Waals surface area contributed by atoms with Gasteiger partial charge in [0.05, 0.1) is 0 Å². The molecule has 0 amide bonds. The zero-order valence-electron chi connectivity index (χ0n) is 8.04. The van der Waals surface area contributed by atoms with Gasteiger partial charge < -0.3 is 0 Å². The van der Waals surface area contributed by atoms with Crippen molar-refractivity contribution in [3.63, 3.8) is 0 Å².